The van der Waals surface area contributed by atoms with E-state index < -0.39 is 6.10 Å². The molecule has 2 atom stereocenters. The van der Waals surface area contributed by atoms with Gasteiger partial charge in [0.05, 0.1) is 23.8 Å². The van der Waals surface area contributed by atoms with Crippen LogP contribution in [-0.4, -0.2) is 18.3 Å². The molecule has 1 aliphatic heterocycles. The van der Waals surface area contributed by atoms with E-state index in [1.54, 1.807) is 0 Å². The number of benzene rings is 1. The number of aliphatic hydroxyl groups excluding tert-OH is 1. The van der Waals surface area contributed by atoms with E-state index in [0.29, 0.717) is 13.2 Å². The summed E-state index contributed by atoms with van der Waals surface area (Å²) < 4.78 is 12.2. The average molecular weight is 315 g/mol. The average Bonchev–Trinajstić information content (AvgIpc) is 2.62. The Morgan fingerprint density at radius 2 is 2.06 bits per heavy atom. The molecule has 0 saturated heterocycles. The van der Waals surface area contributed by atoms with Gasteiger partial charge in [0, 0.05) is 6.42 Å². The predicted molar refractivity (Wildman–Crippen MR) is 74.2 cm³/mol. The predicted octanol–water partition coefficient (Wildman–Crippen LogP) is 3.69. The molecule has 3 nitrogen and oxygen atoms in total. The molecule has 0 aromatic heterocycles. The first-order valence-electron chi connectivity index (χ1n) is 6.40. The van der Waals surface area contributed by atoms with E-state index in [1.807, 2.05) is 19.1 Å². The molecular weight excluding hydrogens is 296 g/mol. The molecule has 1 heterocycles. The van der Waals surface area contributed by atoms with Gasteiger partial charge in [-0.05, 0) is 39.5 Å². The van der Waals surface area contributed by atoms with Crippen LogP contribution >= 0.6 is 15.9 Å². The summed E-state index contributed by atoms with van der Waals surface area (Å²) in [7, 11) is 0. The normalized spacial score (nSPS) is 18.0. The Morgan fingerprint density at radius 1 is 1.33 bits per heavy atom. The quantitative estimate of drug-likeness (QED) is 0.924. The summed E-state index contributed by atoms with van der Waals surface area (Å²) in [6.45, 7) is 5.44. The summed E-state index contributed by atoms with van der Waals surface area (Å²) in [6, 6.07) is 3.81. The third kappa shape index (κ3) is 2.81. The molecule has 0 radical (unpaired) electrons. The molecule has 100 valence electrons. The first kappa shape index (κ1) is 13.7. The van der Waals surface area contributed by atoms with Gasteiger partial charge < -0.3 is 14.6 Å². The second kappa shape index (κ2) is 5.93. The lowest BCUT2D eigenvalue weighted by atomic mass is 9.95. The SMILES string of the molecule is CCC(C)C(O)c1cc(Br)c2c(c1)OCCCO2. The van der Waals surface area contributed by atoms with Gasteiger partial charge in [-0.1, -0.05) is 20.3 Å². The van der Waals surface area contributed by atoms with E-state index >= 15 is 0 Å². The highest BCUT2D eigenvalue weighted by Gasteiger charge is 2.20. The zero-order chi connectivity index (χ0) is 13.1. The molecule has 0 spiro atoms. The molecule has 0 aliphatic carbocycles. The summed E-state index contributed by atoms with van der Waals surface area (Å²) in [5.41, 5.74) is 0.875. The molecule has 18 heavy (non-hydrogen) atoms. The van der Waals surface area contributed by atoms with Crippen molar-refractivity contribution in [2.45, 2.75) is 32.8 Å². The van der Waals surface area contributed by atoms with Crippen LogP contribution in [0.1, 0.15) is 38.4 Å². The van der Waals surface area contributed by atoms with Crippen LogP contribution in [0.2, 0.25) is 0 Å². The highest BCUT2D eigenvalue weighted by Crippen LogP contribution is 2.40. The molecule has 1 aromatic carbocycles. The topological polar surface area (TPSA) is 38.7 Å². The minimum Gasteiger partial charge on any atom is -0.490 e. The van der Waals surface area contributed by atoms with Gasteiger partial charge in [-0.3, -0.25) is 0 Å². The highest BCUT2D eigenvalue weighted by molar-refractivity contribution is 9.10. The van der Waals surface area contributed by atoms with Gasteiger partial charge in [0.15, 0.2) is 11.5 Å². The van der Waals surface area contributed by atoms with Crippen molar-refractivity contribution in [3.8, 4) is 11.5 Å². The Labute approximate surface area is 116 Å². The number of aliphatic hydroxyl groups is 1. The van der Waals surface area contributed by atoms with E-state index in [-0.39, 0.29) is 5.92 Å². The van der Waals surface area contributed by atoms with E-state index in [2.05, 4.69) is 22.9 Å². The Morgan fingerprint density at radius 3 is 2.78 bits per heavy atom. The first-order valence-corrected chi connectivity index (χ1v) is 7.20. The highest BCUT2D eigenvalue weighted by atomic mass is 79.9. The maximum Gasteiger partial charge on any atom is 0.175 e. The minimum atomic E-state index is -0.469. The Balaban J connectivity index is 2.34. The number of hydrogen-bond donors (Lipinski definition) is 1. The van der Waals surface area contributed by atoms with Crippen molar-refractivity contribution in [3.05, 3.63) is 22.2 Å². The fourth-order valence-electron chi connectivity index (χ4n) is 1.97. The van der Waals surface area contributed by atoms with Crippen LogP contribution in [-0.2, 0) is 0 Å². The molecular formula is C14H19BrO3. The van der Waals surface area contributed by atoms with Gasteiger partial charge in [-0.15, -0.1) is 0 Å². The number of hydrogen-bond acceptors (Lipinski definition) is 3. The van der Waals surface area contributed by atoms with E-state index in [1.165, 1.54) is 0 Å². The molecule has 2 rings (SSSR count). The third-order valence-electron chi connectivity index (χ3n) is 3.35. The zero-order valence-corrected chi connectivity index (χ0v) is 12.4. The van der Waals surface area contributed by atoms with Crippen molar-refractivity contribution in [2.24, 2.45) is 5.92 Å². The fraction of sp³-hybridized carbons (Fsp3) is 0.571. The van der Waals surface area contributed by atoms with Crippen LogP contribution in [0.3, 0.4) is 0 Å². The second-order valence-electron chi connectivity index (χ2n) is 4.71. The molecule has 1 aromatic rings. The number of ether oxygens (including phenoxy) is 2. The lowest BCUT2D eigenvalue weighted by molar-refractivity contribution is 0.115. The van der Waals surface area contributed by atoms with Gasteiger partial charge in [-0.2, -0.15) is 0 Å². The maximum absolute atomic E-state index is 10.3. The van der Waals surface area contributed by atoms with Crippen LogP contribution in [0.15, 0.2) is 16.6 Å². The van der Waals surface area contributed by atoms with Crippen molar-refractivity contribution in [1.82, 2.24) is 0 Å². The van der Waals surface area contributed by atoms with Gasteiger partial charge in [0.25, 0.3) is 0 Å². The van der Waals surface area contributed by atoms with Crippen molar-refractivity contribution >= 4 is 15.9 Å². The van der Waals surface area contributed by atoms with Crippen LogP contribution in [0.5, 0.6) is 11.5 Å². The monoisotopic (exact) mass is 314 g/mol. The van der Waals surface area contributed by atoms with Gasteiger partial charge in [0.1, 0.15) is 0 Å². The van der Waals surface area contributed by atoms with Crippen LogP contribution < -0.4 is 9.47 Å². The van der Waals surface area contributed by atoms with Gasteiger partial charge in [-0.25, -0.2) is 0 Å². The van der Waals surface area contributed by atoms with Crippen molar-refractivity contribution < 1.29 is 14.6 Å². The smallest absolute Gasteiger partial charge is 0.175 e. The Kier molecular flexibility index (Phi) is 4.51. The summed E-state index contributed by atoms with van der Waals surface area (Å²) in [6.07, 6.45) is 1.35. The van der Waals surface area contributed by atoms with Crippen LogP contribution in [0, 0.1) is 5.92 Å². The molecule has 0 fully saturated rings. The van der Waals surface area contributed by atoms with Crippen LogP contribution in [0.25, 0.3) is 0 Å². The zero-order valence-electron chi connectivity index (χ0n) is 10.8. The summed E-state index contributed by atoms with van der Waals surface area (Å²) in [5.74, 6) is 1.69. The van der Waals surface area contributed by atoms with Crippen molar-refractivity contribution in [1.29, 1.82) is 0 Å². The molecule has 1 N–H and O–H groups in total. The number of halogens is 1. The summed E-state index contributed by atoms with van der Waals surface area (Å²) in [4.78, 5) is 0. The third-order valence-corrected chi connectivity index (χ3v) is 3.94. The van der Waals surface area contributed by atoms with E-state index in [9.17, 15) is 5.11 Å². The minimum absolute atomic E-state index is 0.224. The Hall–Kier alpha value is -0.740. The van der Waals surface area contributed by atoms with Gasteiger partial charge in [0.2, 0.25) is 0 Å². The molecule has 0 amide bonds. The standard InChI is InChI=1S/C14H19BrO3/c1-3-9(2)13(16)10-7-11(15)14-12(8-10)17-5-4-6-18-14/h7-9,13,16H,3-6H2,1-2H3. The molecule has 1 aliphatic rings. The van der Waals surface area contributed by atoms with Crippen molar-refractivity contribution in [2.75, 3.05) is 13.2 Å². The van der Waals surface area contributed by atoms with Crippen LogP contribution in [0.4, 0.5) is 0 Å². The summed E-state index contributed by atoms with van der Waals surface area (Å²) in [5, 5.41) is 10.3. The van der Waals surface area contributed by atoms with Crippen molar-refractivity contribution in [3.63, 3.8) is 0 Å². The lowest BCUT2D eigenvalue weighted by Gasteiger charge is -2.19. The second-order valence-corrected chi connectivity index (χ2v) is 5.57. The maximum atomic E-state index is 10.3. The largest absolute Gasteiger partial charge is 0.490 e. The van der Waals surface area contributed by atoms with E-state index in [4.69, 9.17) is 9.47 Å². The summed E-state index contributed by atoms with van der Waals surface area (Å²) >= 11 is 3.49. The molecule has 0 saturated carbocycles. The fourth-order valence-corrected chi connectivity index (χ4v) is 2.55. The number of rotatable bonds is 3. The lowest BCUT2D eigenvalue weighted by Crippen LogP contribution is -2.08. The van der Waals surface area contributed by atoms with Gasteiger partial charge >= 0.3 is 0 Å². The molecule has 2 unspecified atom stereocenters. The Bertz CT molecular complexity index is 420. The first-order chi connectivity index (χ1) is 8.63. The molecule has 4 heteroatoms. The molecule has 0 bridgehead atoms. The number of fused-ring (bicyclic) bond motifs is 1. The van der Waals surface area contributed by atoms with E-state index in [0.717, 1.165) is 34.4 Å².